The molecule has 0 aliphatic heterocycles. The van der Waals surface area contributed by atoms with Gasteiger partial charge in [-0.25, -0.2) is 4.98 Å². The molecule has 3 aromatic rings. The van der Waals surface area contributed by atoms with E-state index >= 15 is 0 Å². The first-order chi connectivity index (χ1) is 7.77. The zero-order chi connectivity index (χ0) is 11.1. The van der Waals surface area contributed by atoms with E-state index in [1.165, 1.54) is 0 Å². The molecule has 3 aromatic heterocycles. The van der Waals surface area contributed by atoms with Gasteiger partial charge >= 0.3 is 0 Å². The van der Waals surface area contributed by atoms with Crippen LogP contribution in [0.5, 0.6) is 0 Å². The van der Waals surface area contributed by atoms with Crippen LogP contribution in [-0.2, 0) is 0 Å². The fourth-order valence-electron chi connectivity index (χ4n) is 1.43. The van der Waals surface area contributed by atoms with E-state index in [1.807, 2.05) is 0 Å². The van der Waals surface area contributed by atoms with Crippen molar-refractivity contribution in [2.45, 2.75) is 0 Å². The van der Waals surface area contributed by atoms with Crippen LogP contribution in [0.15, 0.2) is 33.8 Å². The van der Waals surface area contributed by atoms with Gasteiger partial charge < -0.3 is 4.42 Å². The lowest BCUT2D eigenvalue weighted by Crippen LogP contribution is -1.90. The highest BCUT2D eigenvalue weighted by atomic mass is 79.9. The van der Waals surface area contributed by atoms with Crippen molar-refractivity contribution >= 4 is 33.2 Å². The second-order valence-corrected chi connectivity index (χ2v) is 4.12. The van der Waals surface area contributed by atoms with Gasteiger partial charge in [0.1, 0.15) is 0 Å². The molecule has 3 heterocycles. The summed E-state index contributed by atoms with van der Waals surface area (Å²) in [7, 11) is 0. The lowest BCUT2D eigenvalue weighted by Gasteiger charge is -1.97. The molecule has 0 aromatic carbocycles. The Morgan fingerprint density at radius 3 is 3.00 bits per heavy atom. The number of hydrogen-bond acceptors (Lipinski definition) is 4. The number of hydrogen-bond donors (Lipinski definition) is 0. The predicted molar refractivity (Wildman–Crippen MR) is 61.2 cm³/mol. The molecule has 0 saturated carbocycles. The SMILES string of the molecule is Clc1nccn2c(-c3ccoc3Br)nnc12. The Hall–Kier alpha value is -1.40. The molecule has 0 saturated heterocycles. The van der Waals surface area contributed by atoms with Crippen LogP contribution in [0, 0.1) is 0 Å². The summed E-state index contributed by atoms with van der Waals surface area (Å²) in [6.07, 6.45) is 4.91. The molecule has 80 valence electrons. The molecule has 16 heavy (non-hydrogen) atoms. The van der Waals surface area contributed by atoms with Gasteiger partial charge in [-0.2, -0.15) is 0 Å². The third kappa shape index (κ3) is 1.34. The van der Waals surface area contributed by atoms with Crippen LogP contribution in [0.3, 0.4) is 0 Å². The summed E-state index contributed by atoms with van der Waals surface area (Å²) in [6.45, 7) is 0. The fourth-order valence-corrected chi connectivity index (χ4v) is 2.04. The maximum absolute atomic E-state index is 5.90. The maximum atomic E-state index is 5.90. The van der Waals surface area contributed by atoms with E-state index < -0.39 is 0 Å². The third-order valence-corrected chi connectivity index (χ3v) is 3.02. The Kier molecular flexibility index (Phi) is 2.19. The zero-order valence-electron chi connectivity index (χ0n) is 7.76. The topological polar surface area (TPSA) is 56.2 Å². The van der Waals surface area contributed by atoms with Crippen molar-refractivity contribution in [3.05, 3.63) is 34.5 Å². The Balaban J connectivity index is 2.34. The number of fused-ring (bicyclic) bond motifs is 1. The van der Waals surface area contributed by atoms with Gasteiger partial charge in [-0.1, -0.05) is 11.6 Å². The highest BCUT2D eigenvalue weighted by Crippen LogP contribution is 2.28. The van der Waals surface area contributed by atoms with E-state index in [-0.39, 0.29) is 0 Å². The van der Waals surface area contributed by atoms with E-state index in [2.05, 4.69) is 31.1 Å². The van der Waals surface area contributed by atoms with E-state index in [9.17, 15) is 0 Å². The Bertz CT molecular complexity index is 662. The minimum absolute atomic E-state index is 0.320. The molecule has 0 radical (unpaired) electrons. The van der Waals surface area contributed by atoms with E-state index in [4.69, 9.17) is 16.0 Å². The highest BCUT2D eigenvalue weighted by Gasteiger charge is 2.14. The highest BCUT2D eigenvalue weighted by molar-refractivity contribution is 9.10. The van der Waals surface area contributed by atoms with Crippen molar-refractivity contribution in [1.29, 1.82) is 0 Å². The molecular weight excluding hydrogens is 295 g/mol. The summed E-state index contributed by atoms with van der Waals surface area (Å²) in [5.41, 5.74) is 1.34. The van der Waals surface area contributed by atoms with Crippen molar-refractivity contribution in [3.63, 3.8) is 0 Å². The number of rotatable bonds is 1. The van der Waals surface area contributed by atoms with Crippen LogP contribution in [0.25, 0.3) is 17.0 Å². The lowest BCUT2D eigenvalue weighted by atomic mass is 10.3. The first-order valence-corrected chi connectivity index (χ1v) is 5.53. The molecule has 0 aliphatic carbocycles. The summed E-state index contributed by atoms with van der Waals surface area (Å²) < 4.78 is 7.52. The molecule has 0 N–H and O–H groups in total. The molecule has 0 fully saturated rings. The van der Waals surface area contributed by atoms with Gasteiger partial charge in [0.2, 0.25) is 0 Å². The minimum Gasteiger partial charge on any atom is -0.457 e. The second kappa shape index (κ2) is 3.57. The number of aromatic nitrogens is 4. The van der Waals surface area contributed by atoms with Gasteiger partial charge in [0.25, 0.3) is 0 Å². The Morgan fingerprint density at radius 2 is 2.25 bits per heavy atom. The van der Waals surface area contributed by atoms with Crippen LogP contribution in [0.4, 0.5) is 0 Å². The summed E-state index contributed by atoms with van der Waals surface area (Å²) in [6, 6.07) is 1.80. The van der Waals surface area contributed by atoms with Gasteiger partial charge in [0.05, 0.1) is 11.8 Å². The summed E-state index contributed by atoms with van der Waals surface area (Å²) in [5, 5.41) is 8.35. The third-order valence-electron chi connectivity index (χ3n) is 2.14. The van der Waals surface area contributed by atoms with Crippen LogP contribution < -0.4 is 0 Å². The standard InChI is InChI=1S/C9H4BrClN4O/c10-6-5(1-4-16-6)8-13-14-9-7(11)12-2-3-15(8)9/h1-4H. The van der Waals surface area contributed by atoms with Gasteiger partial charge in [0, 0.05) is 12.4 Å². The minimum atomic E-state index is 0.320. The van der Waals surface area contributed by atoms with E-state index in [1.54, 1.807) is 29.1 Å². The smallest absolute Gasteiger partial charge is 0.198 e. The van der Waals surface area contributed by atoms with Gasteiger partial charge in [-0.15, -0.1) is 10.2 Å². The molecule has 0 bridgehead atoms. The summed E-state index contributed by atoms with van der Waals surface area (Å²) in [5.74, 6) is 0.653. The average Bonchev–Trinajstić information content (AvgIpc) is 2.84. The van der Waals surface area contributed by atoms with Crippen LogP contribution in [0.2, 0.25) is 5.15 Å². The first kappa shape index (κ1) is 9.80. The van der Waals surface area contributed by atoms with E-state index in [0.29, 0.717) is 21.3 Å². The molecule has 0 amide bonds. The summed E-state index contributed by atoms with van der Waals surface area (Å²) in [4.78, 5) is 3.93. The van der Waals surface area contributed by atoms with Crippen LogP contribution in [0.1, 0.15) is 0 Å². The number of halogens is 2. The van der Waals surface area contributed by atoms with Crippen LogP contribution >= 0.6 is 27.5 Å². The average molecular weight is 300 g/mol. The summed E-state index contributed by atoms with van der Waals surface area (Å²) >= 11 is 9.20. The predicted octanol–water partition coefficient (Wildman–Crippen LogP) is 2.80. The first-order valence-electron chi connectivity index (χ1n) is 4.36. The quantitative estimate of drug-likeness (QED) is 0.693. The molecule has 0 atom stereocenters. The second-order valence-electron chi connectivity index (χ2n) is 3.04. The van der Waals surface area contributed by atoms with Crippen molar-refractivity contribution in [2.75, 3.05) is 0 Å². The van der Waals surface area contributed by atoms with Crippen molar-refractivity contribution in [1.82, 2.24) is 19.6 Å². The lowest BCUT2D eigenvalue weighted by molar-refractivity contribution is 0.542. The molecule has 5 nitrogen and oxygen atoms in total. The van der Waals surface area contributed by atoms with Crippen LogP contribution in [-0.4, -0.2) is 19.6 Å². The molecule has 3 rings (SSSR count). The number of furan rings is 1. The van der Waals surface area contributed by atoms with Gasteiger partial charge in [-0.05, 0) is 22.0 Å². The molecule has 0 unspecified atom stereocenters. The normalized spacial score (nSPS) is 11.1. The molecule has 7 heteroatoms. The monoisotopic (exact) mass is 298 g/mol. The molecule has 0 aliphatic rings. The Morgan fingerprint density at radius 1 is 1.38 bits per heavy atom. The van der Waals surface area contributed by atoms with Gasteiger partial charge in [-0.3, -0.25) is 4.40 Å². The van der Waals surface area contributed by atoms with Gasteiger partial charge in [0.15, 0.2) is 21.3 Å². The van der Waals surface area contributed by atoms with E-state index in [0.717, 1.165) is 5.56 Å². The largest absolute Gasteiger partial charge is 0.457 e. The fraction of sp³-hybridized carbons (Fsp3) is 0. The molecular formula is C9H4BrClN4O. The van der Waals surface area contributed by atoms with Crippen molar-refractivity contribution in [3.8, 4) is 11.4 Å². The number of nitrogens with zero attached hydrogens (tertiary/aromatic N) is 4. The molecule has 0 spiro atoms. The maximum Gasteiger partial charge on any atom is 0.198 e. The zero-order valence-corrected chi connectivity index (χ0v) is 10.1. The van der Waals surface area contributed by atoms with Crippen molar-refractivity contribution in [2.24, 2.45) is 0 Å². The van der Waals surface area contributed by atoms with Crippen molar-refractivity contribution < 1.29 is 4.42 Å². The Labute approximate surface area is 103 Å².